The van der Waals surface area contributed by atoms with Crippen molar-refractivity contribution in [3.05, 3.63) is 53.6 Å². The van der Waals surface area contributed by atoms with Crippen molar-refractivity contribution in [2.75, 3.05) is 20.8 Å². The number of para-hydroxylation sites is 1. The number of methoxy groups -OCH3 is 2. The molecule has 4 nitrogen and oxygen atoms in total. The topological polar surface area (TPSA) is 39.7 Å². The van der Waals surface area contributed by atoms with E-state index < -0.39 is 0 Å². The van der Waals surface area contributed by atoms with Crippen LogP contribution in [0.3, 0.4) is 0 Å². The molecule has 3 rings (SSSR count). The molecular formula is C18H21NO3. The third-order valence-electron chi connectivity index (χ3n) is 3.98. The average molecular weight is 299 g/mol. The Bertz CT molecular complexity index is 642. The molecule has 0 amide bonds. The van der Waals surface area contributed by atoms with E-state index in [0.717, 1.165) is 42.4 Å². The van der Waals surface area contributed by atoms with Crippen LogP contribution in [0.5, 0.6) is 17.2 Å². The minimum Gasteiger partial charge on any atom is -0.497 e. The van der Waals surface area contributed by atoms with E-state index in [9.17, 15) is 0 Å². The van der Waals surface area contributed by atoms with Gasteiger partial charge in [0.1, 0.15) is 17.2 Å². The lowest BCUT2D eigenvalue weighted by molar-refractivity contribution is 0.252. The van der Waals surface area contributed by atoms with Crippen LogP contribution in [-0.2, 0) is 6.54 Å². The number of ether oxygens (including phenoxy) is 3. The number of hydrogen-bond acceptors (Lipinski definition) is 4. The zero-order valence-electron chi connectivity index (χ0n) is 13.0. The lowest BCUT2D eigenvalue weighted by Crippen LogP contribution is -2.26. The third kappa shape index (κ3) is 3.02. The zero-order valence-corrected chi connectivity index (χ0v) is 13.0. The molecule has 0 saturated carbocycles. The fourth-order valence-electron chi connectivity index (χ4n) is 2.81. The first-order valence-corrected chi connectivity index (χ1v) is 7.48. The van der Waals surface area contributed by atoms with Gasteiger partial charge in [0, 0.05) is 30.1 Å². The van der Waals surface area contributed by atoms with Gasteiger partial charge in [-0.1, -0.05) is 18.2 Å². The number of rotatable bonds is 5. The van der Waals surface area contributed by atoms with Crippen molar-refractivity contribution in [1.82, 2.24) is 5.32 Å². The summed E-state index contributed by atoms with van der Waals surface area (Å²) in [6, 6.07) is 14.3. The van der Waals surface area contributed by atoms with Crippen LogP contribution in [0.2, 0.25) is 0 Å². The van der Waals surface area contributed by atoms with Crippen LogP contribution in [0.15, 0.2) is 42.5 Å². The first kappa shape index (κ1) is 14.7. The second kappa shape index (κ2) is 6.71. The van der Waals surface area contributed by atoms with E-state index in [1.165, 1.54) is 5.56 Å². The summed E-state index contributed by atoms with van der Waals surface area (Å²) >= 11 is 0. The Morgan fingerprint density at radius 1 is 1.14 bits per heavy atom. The van der Waals surface area contributed by atoms with Gasteiger partial charge >= 0.3 is 0 Å². The van der Waals surface area contributed by atoms with Crippen molar-refractivity contribution in [2.45, 2.75) is 19.0 Å². The summed E-state index contributed by atoms with van der Waals surface area (Å²) in [5, 5.41) is 3.60. The van der Waals surface area contributed by atoms with Crippen molar-refractivity contribution < 1.29 is 14.2 Å². The summed E-state index contributed by atoms with van der Waals surface area (Å²) in [6.07, 6.45) is 0.962. The van der Waals surface area contributed by atoms with Gasteiger partial charge in [-0.15, -0.1) is 0 Å². The van der Waals surface area contributed by atoms with E-state index in [-0.39, 0.29) is 0 Å². The SMILES string of the molecule is COc1ccc(OC)c(CN[C@H]2CCOc3ccccc32)c1. The van der Waals surface area contributed by atoms with Crippen LogP contribution in [0.25, 0.3) is 0 Å². The maximum absolute atomic E-state index is 5.70. The smallest absolute Gasteiger partial charge is 0.124 e. The predicted molar refractivity (Wildman–Crippen MR) is 85.7 cm³/mol. The molecule has 1 aliphatic rings. The van der Waals surface area contributed by atoms with E-state index in [1.807, 2.05) is 36.4 Å². The quantitative estimate of drug-likeness (QED) is 0.919. The minimum absolute atomic E-state index is 0.292. The molecule has 1 atom stereocenters. The Hall–Kier alpha value is -2.20. The molecule has 1 N–H and O–H groups in total. The highest BCUT2D eigenvalue weighted by atomic mass is 16.5. The number of fused-ring (bicyclic) bond motifs is 1. The zero-order chi connectivity index (χ0) is 15.4. The van der Waals surface area contributed by atoms with Gasteiger partial charge < -0.3 is 19.5 Å². The molecule has 22 heavy (non-hydrogen) atoms. The fraction of sp³-hybridized carbons (Fsp3) is 0.333. The average Bonchev–Trinajstić information content (AvgIpc) is 2.59. The molecule has 2 aromatic carbocycles. The van der Waals surface area contributed by atoms with Crippen molar-refractivity contribution in [3.63, 3.8) is 0 Å². The van der Waals surface area contributed by atoms with Gasteiger partial charge in [-0.2, -0.15) is 0 Å². The molecule has 0 fully saturated rings. The predicted octanol–water partition coefficient (Wildman–Crippen LogP) is 3.32. The maximum atomic E-state index is 5.70. The number of benzene rings is 2. The Morgan fingerprint density at radius 3 is 2.82 bits per heavy atom. The van der Waals surface area contributed by atoms with E-state index in [4.69, 9.17) is 14.2 Å². The molecular weight excluding hydrogens is 278 g/mol. The van der Waals surface area contributed by atoms with Gasteiger partial charge in [-0.05, 0) is 24.3 Å². The Kier molecular flexibility index (Phi) is 4.49. The molecule has 0 bridgehead atoms. The fourth-order valence-corrected chi connectivity index (χ4v) is 2.81. The van der Waals surface area contributed by atoms with Gasteiger partial charge in [-0.25, -0.2) is 0 Å². The second-order valence-electron chi connectivity index (χ2n) is 5.29. The summed E-state index contributed by atoms with van der Waals surface area (Å²) in [5.74, 6) is 2.68. The van der Waals surface area contributed by atoms with E-state index in [1.54, 1.807) is 14.2 Å². The molecule has 0 unspecified atom stereocenters. The molecule has 116 valence electrons. The Labute approximate surface area is 131 Å². The second-order valence-corrected chi connectivity index (χ2v) is 5.29. The van der Waals surface area contributed by atoms with E-state index in [2.05, 4.69) is 11.4 Å². The molecule has 0 radical (unpaired) electrons. The van der Waals surface area contributed by atoms with Crippen molar-refractivity contribution in [1.29, 1.82) is 0 Å². The molecule has 2 aromatic rings. The van der Waals surface area contributed by atoms with Crippen LogP contribution in [0.1, 0.15) is 23.6 Å². The third-order valence-corrected chi connectivity index (χ3v) is 3.98. The summed E-state index contributed by atoms with van der Waals surface area (Å²) in [5.41, 5.74) is 2.31. The lowest BCUT2D eigenvalue weighted by atomic mass is 10.0. The molecule has 0 aliphatic carbocycles. The summed E-state index contributed by atoms with van der Waals surface area (Å²) in [4.78, 5) is 0. The van der Waals surface area contributed by atoms with Gasteiger partial charge in [0.15, 0.2) is 0 Å². The number of nitrogens with one attached hydrogen (secondary N) is 1. The molecule has 1 heterocycles. The number of hydrogen-bond donors (Lipinski definition) is 1. The maximum Gasteiger partial charge on any atom is 0.124 e. The minimum atomic E-state index is 0.292. The van der Waals surface area contributed by atoms with Crippen molar-refractivity contribution >= 4 is 0 Å². The van der Waals surface area contributed by atoms with Gasteiger partial charge in [-0.3, -0.25) is 0 Å². The Balaban J connectivity index is 1.76. The monoisotopic (exact) mass is 299 g/mol. The highest BCUT2D eigenvalue weighted by molar-refractivity contribution is 5.41. The van der Waals surface area contributed by atoms with Gasteiger partial charge in [0.05, 0.1) is 20.8 Å². The first-order chi connectivity index (χ1) is 10.8. The molecule has 0 spiro atoms. The Morgan fingerprint density at radius 2 is 2.00 bits per heavy atom. The highest BCUT2D eigenvalue weighted by Gasteiger charge is 2.20. The molecule has 4 heteroatoms. The first-order valence-electron chi connectivity index (χ1n) is 7.48. The standard InChI is InChI=1S/C18H21NO3/c1-20-14-7-8-17(21-2)13(11-14)12-19-16-9-10-22-18-6-4-3-5-15(16)18/h3-8,11,16,19H,9-10,12H2,1-2H3/t16-/m0/s1. The lowest BCUT2D eigenvalue weighted by Gasteiger charge is -2.27. The van der Waals surface area contributed by atoms with Crippen molar-refractivity contribution in [2.24, 2.45) is 0 Å². The summed E-state index contributed by atoms with van der Waals surface area (Å²) in [6.45, 7) is 1.46. The van der Waals surface area contributed by atoms with Gasteiger partial charge in [0.2, 0.25) is 0 Å². The van der Waals surface area contributed by atoms with Crippen LogP contribution in [0.4, 0.5) is 0 Å². The largest absolute Gasteiger partial charge is 0.497 e. The highest BCUT2D eigenvalue weighted by Crippen LogP contribution is 2.32. The van der Waals surface area contributed by atoms with Gasteiger partial charge in [0.25, 0.3) is 0 Å². The van der Waals surface area contributed by atoms with Crippen molar-refractivity contribution in [3.8, 4) is 17.2 Å². The summed E-state index contributed by atoms with van der Waals surface area (Å²) in [7, 11) is 3.36. The van der Waals surface area contributed by atoms with Crippen LogP contribution in [-0.4, -0.2) is 20.8 Å². The van der Waals surface area contributed by atoms with E-state index in [0.29, 0.717) is 6.04 Å². The normalized spacial score (nSPS) is 16.5. The molecule has 0 aromatic heterocycles. The van der Waals surface area contributed by atoms with Crippen LogP contribution >= 0.6 is 0 Å². The molecule has 1 aliphatic heterocycles. The van der Waals surface area contributed by atoms with E-state index >= 15 is 0 Å². The van der Waals surface area contributed by atoms with Crippen LogP contribution in [0, 0.1) is 0 Å². The molecule has 0 saturated heterocycles. The van der Waals surface area contributed by atoms with Crippen LogP contribution < -0.4 is 19.5 Å². The summed E-state index contributed by atoms with van der Waals surface area (Å²) < 4.78 is 16.4.